The first-order valence-corrected chi connectivity index (χ1v) is 7.59. The van der Waals surface area contributed by atoms with E-state index in [1.165, 1.54) is 6.08 Å². The van der Waals surface area contributed by atoms with Crippen molar-refractivity contribution in [2.24, 2.45) is 0 Å². The van der Waals surface area contributed by atoms with Gasteiger partial charge in [-0.15, -0.1) is 0 Å². The molecule has 0 amide bonds. The molecule has 1 heterocycles. The summed E-state index contributed by atoms with van der Waals surface area (Å²) >= 11 is 0. The van der Waals surface area contributed by atoms with Crippen LogP contribution >= 0.6 is 0 Å². The maximum absolute atomic E-state index is 14.5. The lowest BCUT2D eigenvalue weighted by atomic mass is 9.86. The molecule has 0 aromatic heterocycles. The first kappa shape index (κ1) is 18.0. The second-order valence-corrected chi connectivity index (χ2v) is 6.62. The van der Waals surface area contributed by atoms with E-state index in [1.54, 1.807) is 26.4 Å². The standard InChI is InChI=1S/C17H24BFO4/c1-16(2)17(3,4)23-18(22-16)15(19)10-12-7-8-14(21-6)13(9-12)11-20-5/h7-10H,11H2,1-6H3. The van der Waals surface area contributed by atoms with Crippen LogP contribution in [-0.4, -0.2) is 32.5 Å². The molecular formula is C17H24BFO4. The molecule has 126 valence electrons. The van der Waals surface area contributed by atoms with E-state index in [2.05, 4.69) is 0 Å². The smallest absolute Gasteiger partial charge is 0.496 e. The van der Waals surface area contributed by atoms with E-state index in [0.29, 0.717) is 17.9 Å². The molecule has 1 aromatic rings. The lowest BCUT2D eigenvalue weighted by Gasteiger charge is -2.32. The van der Waals surface area contributed by atoms with E-state index in [9.17, 15) is 4.39 Å². The molecule has 23 heavy (non-hydrogen) atoms. The van der Waals surface area contributed by atoms with Crippen LogP contribution in [0.1, 0.15) is 38.8 Å². The van der Waals surface area contributed by atoms with Gasteiger partial charge in [-0.1, -0.05) is 6.07 Å². The van der Waals surface area contributed by atoms with E-state index in [0.717, 1.165) is 5.56 Å². The van der Waals surface area contributed by atoms with Gasteiger partial charge in [0, 0.05) is 12.7 Å². The van der Waals surface area contributed by atoms with Crippen molar-refractivity contribution in [3.05, 3.63) is 35.1 Å². The fourth-order valence-electron chi connectivity index (χ4n) is 2.34. The normalized spacial score (nSPS) is 20.0. The highest BCUT2D eigenvalue weighted by molar-refractivity contribution is 6.54. The van der Waals surface area contributed by atoms with Crippen molar-refractivity contribution >= 4 is 13.2 Å². The van der Waals surface area contributed by atoms with Crippen LogP contribution in [0.15, 0.2) is 23.9 Å². The van der Waals surface area contributed by atoms with Gasteiger partial charge in [0.05, 0.1) is 24.9 Å². The molecule has 6 heteroatoms. The Kier molecular flexibility index (Phi) is 5.18. The van der Waals surface area contributed by atoms with Gasteiger partial charge >= 0.3 is 7.12 Å². The van der Waals surface area contributed by atoms with Gasteiger partial charge in [0.1, 0.15) is 11.5 Å². The highest BCUT2D eigenvalue weighted by Gasteiger charge is 2.53. The van der Waals surface area contributed by atoms with Crippen LogP contribution in [0.5, 0.6) is 5.75 Å². The fourth-order valence-corrected chi connectivity index (χ4v) is 2.34. The van der Waals surface area contributed by atoms with E-state index < -0.39 is 24.0 Å². The van der Waals surface area contributed by atoms with Crippen molar-refractivity contribution < 1.29 is 23.2 Å². The summed E-state index contributed by atoms with van der Waals surface area (Å²) < 4.78 is 36.3. The molecule has 1 aliphatic heterocycles. The Bertz CT molecular complexity index is 582. The molecular weight excluding hydrogens is 298 g/mol. The van der Waals surface area contributed by atoms with Gasteiger partial charge in [-0.2, -0.15) is 0 Å². The first-order chi connectivity index (χ1) is 10.7. The van der Waals surface area contributed by atoms with Crippen molar-refractivity contribution in [2.75, 3.05) is 14.2 Å². The third-order valence-electron chi connectivity index (χ3n) is 4.39. The summed E-state index contributed by atoms with van der Waals surface area (Å²) in [6.45, 7) is 7.96. The molecule has 0 aliphatic carbocycles. The number of halogens is 1. The molecule has 0 radical (unpaired) electrons. The summed E-state index contributed by atoms with van der Waals surface area (Å²) in [5, 5.41) is 0. The summed E-state index contributed by atoms with van der Waals surface area (Å²) in [5.41, 5.74) is -0.0405. The molecule has 1 aromatic carbocycles. The van der Waals surface area contributed by atoms with Crippen LogP contribution in [0, 0.1) is 0 Å². The minimum atomic E-state index is -0.993. The van der Waals surface area contributed by atoms with E-state index in [4.69, 9.17) is 18.8 Å². The Morgan fingerprint density at radius 1 is 1.17 bits per heavy atom. The molecule has 0 bridgehead atoms. The third-order valence-corrected chi connectivity index (χ3v) is 4.39. The number of benzene rings is 1. The summed E-state index contributed by atoms with van der Waals surface area (Å²) in [6, 6.07) is 5.40. The highest BCUT2D eigenvalue weighted by Crippen LogP contribution is 2.39. The van der Waals surface area contributed by atoms with Gasteiger partial charge in [-0.25, -0.2) is 4.39 Å². The molecule has 0 unspecified atom stereocenters. The average molecular weight is 322 g/mol. The van der Waals surface area contributed by atoms with Crippen molar-refractivity contribution in [3.63, 3.8) is 0 Å². The lowest BCUT2D eigenvalue weighted by Crippen LogP contribution is -2.41. The minimum absolute atomic E-state index is 0.392. The molecule has 2 rings (SSSR count). The van der Waals surface area contributed by atoms with Gasteiger partial charge in [0.15, 0.2) is 0 Å². The predicted octanol–water partition coefficient (Wildman–Crippen LogP) is 3.78. The van der Waals surface area contributed by atoms with Crippen LogP contribution in [-0.2, 0) is 20.7 Å². The molecule has 1 aliphatic rings. The van der Waals surface area contributed by atoms with Crippen molar-refractivity contribution in [3.8, 4) is 5.75 Å². The second-order valence-electron chi connectivity index (χ2n) is 6.62. The van der Waals surface area contributed by atoms with Crippen LogP contribution < -0.4 is 4.74 Å². The minimum Gasteiger partial charge on any atom is -0.496 e. The van der Waals surface area contributed by atoms with Crippen LogP contribution in [0.25, 0.3) is 6.08 Å². The number of ether oxygens (including phenoxy) is 2. The zero-order valence-corrected chi connectivity index (χ0v) is 14.6. The van der Waals surface area contributed by atoms with Gasteiger partial charge in [0.25, 0.3) is 0 Å². The van der Waals surface area contributed by atoms with E-state index in [1.807, 2.05) is 33.8 Å². The quantitative estimate of drug-likeness (QED) is 0.773. The number of hydrogen-bond donors (Lipinski definition) is 0. The Labute approximate surface area is 137 Å². The van der Waals surface area contributed by atoms with Crippen LogP contribution in [0.2, 0.25) is 0 Å². The van der Waals surface area contributed by atoms with Gasteiger partial charge in [0.2, 0.25) is 0 Å². The zero-order chi connectivity index (χ0) is 17.3. The summed E-state index contributed by atoms with van der Waals surface area (Å²) in [6.07, 6.45) is 1.42. The third kappa shape index (κ3) is 3.76. The summed E-state index contributed by atoms with van der Waals surface area (Å²) in [7, 11) is 2.20. The summed E-state index contributed by atoms with van der Waals surface area (Å²) in [5.74, 6) is 0.708. The maximum atomic E-state index is 14.5. The van der Waals surface area contributed by atoms with Gasteiger partial charge in [-0.3, -0.25) is 0 Å². The van der Waals surface area contributed by atoms with Crippen LogP contribution in [0.4, 0.5) is 4.39 Å². The fraction of sp³-hybridized carbons (Fsp3) is 0.529. The molecule has 0 spiro atoms. The SMILES string of the molecule is COCc1cc(C=C(F)B2OC(C)(C)C(C)(C)O2)ccc1OC. The molecule has 1 fully saturated rings. The second kappa shape index (κ2) is 6.63. The molecule has 0 N–H and O–H groups in total. The molecule has 4 nitrogen and oxygen atoms in total. The Morgan fingerprint density at radius 2 is 1.78 bits per heavy atom. The number of rotatable bonds is 5. The first-order valence-electron chi connectivity index (χ1n) is 7.59. The molecule has 0 saturated carbocycles. The van der Waals surface area contributed by atoms with Crippen molar-refractivity contribution in [1.29, 1.82) is 0 Å². The Hall–Kier alpha value is -1.37. The summed E-state index contributed by atoms with van der Waals surface area (Å²) in [4.78, 5) is 0. The molecule has 0 atom stereocenters. The van der Waals surface area contributed by atoms with Gasteiger partial charge in [-0.05, 0) is 51.5 Å². The van der Waals surface area contributed by atoms with E-state index in [-0.39, 0.29) is 0 Å². The van der Waals surface area contributed by atoms with Crippen molar-refractivity contribution in [1.82, 2.24) is 0 Å². The number of hydrogen-bond acceptors (Lipinski definition) is 4. The highest BCUT2D eigenvalue weighted by atomic mass is 19.1. The lowest BCUT2D eigenvalue weighted by molar-refractivity contribution is 0.00578. The average Bonchev–Trinajstić information content (AvgIpc) is 2.68. The Balaban J connectivity index is 2.23. The monoisotopic (exact) mass is 322 g/mol. The topological polar surface area (TPSA) is 36.9 Å². The number of methoxy groups -OCH3 is 2. The van der Waals surface area contributed by atoms with Crippen molar-refractivity contribution in [2.45, 2.75) is 45.5 Å². The van der Waals surface area contributed by atoms with Crippen LogP contribution in [0.3, 0.4) is 0 Å². The van der Waals surface area contributed by atoms with Gasteiger partial charge < -0.3 is 18.8 Å². The molecule has 1 saturated heterocycles. The predicted molar refractivity (Wildman–Crippen MR) is 88.9 cm³/mol. The Morgan fingerprint density at radius 3 is 2.30 bits per heavy atom. The van der Waals surface area contributed by atoms with E-state index >= 15 is 0 Å². The largest absolute Gasteiger partial charge is 0.525 e. The maximum Gasteiger partial charge on any atom is 0.525 e. The zero-order valence-electron chi connectivity index (χ0n) is 14.6.